The highest BCUT2D eigenvalue weighted by Crippen LogP contribution is 2.48. The molecule has 49 heteroatoms. The Kier molecular flexibility index (Phi) is 32.6. The summed E-state index contributed by atoms with van der Waals surface area (Å²) < 4.78 is 159. The summed E-state index contributed by atoms with van der Waals surface area (Å²) in [6.07, 6.45) is 31.0. The second kappa shape index (κ2) is 45.1. The summed E-state index contributed by atoms with van der Waals surface area (Å²) in [7, 11) is 0. The molecule has 0 aliphatic heterocycles. The molecule has 0 bridgehead atoms. The van der Waals surface area contributed by atoms with Crippen LogP contribution >= 0.6 is 46.4 Å². The van der Waals surface area contributed by atoms with Gasteiger partial charge in [0.05, 0.1) is 144 Å². The number of rotatable bonds is 24. The fraction of sp³-hybridized carbons (Fsp3) is 0.375. The third-order valence-electron chi connectivity index (χ3n) is 23.6. The summed E-state index contributed by atoms with van der Waals surface area (Å²) >= 11 is 21.7. The first-order chi connectivity index (χ1) is 69.3. The van der Waals surface area contributed by atoms with Crippen LogP contribution in [0.2, 0.25) is 5.02 Å². The summed E-state index contributed by atoms with van der Waals surface area (Å²) in [5.41, 5.74) is 25.8. The zero-order chi connectivity index (χ0) is 104. The molecule has 0 atom stereocenters. The lowest BCUT2D eigenvalue weighted by atomic mass is 10.1. The molecule has 0 unspecified atom stereocenters. The van der Waals surface area contributed by atoms with Crippen molar-refractivity contribution in [1.29, 1.82) is 0 Å². The molecule has 0 aromatic carbocycles. The summed E-state index contributed by atoms with van der Waals surface area (Å²) in [5.74, 6) is 2.02. The summed E-state index contributed by atoms with van der Waals surface area (Å²) in [5, 5.41) is 37.3. The lowest BCUT2D eigenvalue weighted by molar-refractivity contribution is -0.137. The Morgan fingerprint density at radius 3 is 1.28 bits per heavy atom. The van der Waals surface area contributed by atoms with E-state index >= 15 is 0 Å². The molecule has 16 aromatic heterocycles. The van der Waals surface area contributed by atoms with Gasteiger partial charge in [0.2, 0.25) is 0 Å². The van der Waals surface area contributed by atoms with Crippen LogP contribution < -0.4 is 11.1 Å². The predicted molar refractivity (Wildman–Crippen MR) is 512 cm³/mol. The summed E-state index contributed by atoms with van der Waals surface area (Å²) in [6, 6.07) is 11.6. The van der Waals surface area contributed by atoms with Crippen molar-refractivity contribution < 1.29 is 82.5 Å². The van der Waals surface area contributed by atoms with Gasteiger partial charge in [0.15, 0.2) is 28.7 Å². The number of fused-ring (bicyclic) bond motifs is 6. The second-order valence-corrected chi connectivity index (χ2v) is 36.3. The number of Topliss-reactive ketones (excluding diaryl/α,β-unsaturated/α-hetero) is 1. The zero-order valence-electron chi connectivity index (χ0n) is 78.2. The van der Waals surface area contributed by atoms with E-state index < -0.39 is 64.9 Å². The molecule has 4 N–H and O–H groups in total. The maximum atomic E-state index is 14.4. The highest BCUT2D eigenvalue weighted by molar-refractivity contribution is 6.35. The van der Waals surface area contributed by atoms with Crippen molar-refractivity contribution in [2.45, 2.75) is 204 Å². The van der Waals surface area contributed by atoms with Crippen LogP contribution in [0.4, 0.5) is 49.7 Å². The van der Waals surface area contributed by atoms with E-state index in [1.807, 2.05) is 29.9 Å². The number of terminal acetylenes is 1. The van der Waals surface area contributed by atoms with Crippen LogP contribution in [0.5, 0.6) is 0 Å². The second-order valence-electron chi connectivity index (χ2n) is 35.1. The number of nitrogens with zero attached hydrogens (tertiary/aromatic N) is 25. The Morgan fingerprint density at radius 2 is 0.897 bits per heavy atom. The molecular formula is C96H93Cl4F10N27O8. The highest BCUT2D eigenvalue weighted by Gasteiger charge is 2.41. The number of imidazole rings is 6. The number of nitrogens with one attached hydrogen (secondary N) is 1. The van der Waals surface area contributed by atoms with Crippen LogP contribution in [-0.2, 0) is 76.2 Å². The number of aryl methyl sites for hydroxylation is 3. The van der Waals surface area contributed by atoms with E-state index in [0.717, 1.165) is 84.5 Å². The van der Waals surface area contributed by atoms with E-state index in [1.54, 1.807) is 50.8 Å². The van der Waals surface area contributed by atoms with Gasteiger partial charge in [-0.15, -0.1) is 56.5 Å². The van der Waals surface area contributed by atoms with Crippen molar-refractivity contribution in [3.63, 3.8) is 0 Å². The summed E-state index contributed by atoms with van der Waals surface area (Å²) in [6.45, 7) is 10.5. The molecule has 758 valence electrons. The fourth-order valence-corrected chi connectivity index (χ4v) is 16.1. The Labute approximate surface area is 838 Å². The van der Waals surface area contributed by atoms with Gasteiger partial charge in [-0.25, -0.2) is 67.7 Å². The standard InChI is InChI=1S/C23H17ClF4N8O.C17H16F3N5O2.C15H12F3N5O2.C12H13ClN2.C12H13N5.C9H12N2.C5H6O2.C3H4Cl2O/c24-16-3-4-34-11-30-17(20(34)19(16)25)6-29-22(37)18-10-36(33-32-18)9-14-8-35-7-13(12-1-2-12)5-15(21(35)31-14)23(26,27)28;1-2-27-16(26)14-9-25(23-22-14)8-12-7-24-6-11(10-3-4-10)5-13(15(24)21-12)17(18,19)20;16-15(17,18)11-3-9(8-1-2-8)4-22-5-10(19-13(11)22)6-23-7-12(14(24)25)20-21-23;1-8-4-10(9-2-3-9)6-15-7-11(5-13)14-12(8)15;1-8-4-10(9-2-3-9)6-17-7-11(5-14-16-13)15-12(8)17;1-6-4-8(7-2-3-7)5-11-9(6)10;1-3-5(6)7-4-2;4-1-3(6)2-5/h3-5,7-8,10-12H,1-2,6,9H2,(H,29,37);5-7,9-10H,2-4,8H2,1H3;3-5,7-8H,1-2,6H2,(H,24,25);4,6-7,9H,2-3,5H2,1H3;4,6-7,9H,2-3,5H2,1H3;4-5,7H,2-3H2,1H3,(H2,10,11);1H,4H2,2H3;1-2H2. The molecule has 22 rings (SSSR count). The minimum atomic E-state index is -4.54. The van der Waals surface area contributed by atoms with Gasteiger partial charge in [-0.2, -0.15) is 39.5 Å². The van der Waals surface area contributed by atoms with Gasteiger partial charge in [0, 0.05) is 85.2 Å². The number of hydrogen-bond donors (Lipinski definition) is 3. The van der Waals surface area contributed by atoms with E-state index in [9.17, 15) is 67.9 Å². The van der Waals surface area contributed by atoms with Gasteiger partial charge in [-0.3, -0.25) is 9.59 Å². The normalized spacial score (nSPS) is 14.3. The molecule has 1 amide bonds. The Hall–Kier alpha value is -14.6. The number of alkyl halides is 12. The van der Waals surface area contributed by atoms with E-state index in [0.29, 0.717) is 58.6 Å². The van der Waals surface area contributed by atoms with Gasteiger partial charge >= 0.3 is 36.4 Å². The molecule has 6 fully saturated rings. The Bertz CT molecular complexity index is 7560. The number of aromatic nitrogens is 22. The molecule has 6 aliphatic rings. The fourth-order valence-electron chi connectivity index (χ4n) is 15.6. The molecule has 16 aromatic rings. The van der Waals surface area contributed by atoms with Crippen molar-refractivity contribution in [3.8, 4) is 12.3 Å². The van der Waals surface area contributed by atoms with E-state index in [-0.39, 0.29) is 118 Å². The largest absolute Gasteiger partial charge is 0.476 e. The van der Waals surface area contributed by atoms with E-state index in [1.165, 1.54) is 160 Å². The smallest absolute Gasteiger partial charge is 0.419 e. The van der Waals surface area contributed by atoms with Crippen molar-refractivity contribution in [2.24, 2.45) is 5.11 Å². The number of anilines is 1. The van der Waals surface area contributed by atoms with Gasteiger partial charge in [0.1, 0.15) is 39.6 Å². The number of aromatic carboxylic acids is 1. The molecule has 35 nitrogen and oxygen atoms in total. The lowest BCUT2D eigenvalue weighted by Gasteiger charge is -2.10. The third-order valence-corrected chi connectivity index (χ3v) is 24.7. The van der Waals surface area contributed by atoms with Crippen molar-refractivity contribution in [2.75, 3.05) is 30.7 Å². The number of carboxylic acid groups (broad SMARTS) is 1. The van der Waals surface area contributed by atoms with Crippen LogP contribution in [0.15, 0.2) is 147 Å². The van der Waals surface area contributed by atoms with Crippen LogP contribution in [0, 0.1) is 38.9 Å². The minimum Gasteiger partial charge on any atom is -0.476 e. The number of ketones is 1. The SMILES string of the molecule is C#CC(=O)OCC.CCOC(=O)c1cn(Cc2cn3cc(C4CC4)cc(C(F)(F)F)c3n2)nn1.Cc1cc(C2CC2)cn2cc(CCl)nc12.Cc1cc(C2CC2)cn2cc(CN=[N+]=[N-])nc12.Cc1cc(C2CC2)cnc1N.O=C(CCl)CCl.O=C(NCc1ncn2ccc(Cl)c(F)c12)c1cn(Cc2cn3cc(C4CC4)cc(C(F)(F)F)c3n2)nn1.O=C(O)c1cn(Cc2cn3cc(C4CC4)cc(C(F)(F)F)c3n2)nn1. The maximum absolute atomic E-state index is 14.4. The molecule has 0 saturated heterocycles. The number of nitrogens with two attached hydrogens (primary N) is 1. The molecule has 6 aliphatic carbocycles. The number of nitrogen functional groups attached to an aromatic ring is 1. The van der Waals surface area contributed by atoms with Gasteiger partial charge < -0.3 is 52.0 Å². The van der Waals surface area contributed by atoms with Gasteiger partial charge in [-0.1, -0.05) is 50.6 Å². The number of azide groups is 1. The molecule has 6 saturated carbocycles. The molecule has 0 radical (unpaired) electrons. The van der Waals surface area contributed by atoms with Crippen LogP contribution in [0.3, 0.4) is 0 Å². The number of halogens is 14. The van der Waals surface area contributed by atoms with Crippen LogP contribution in [0.1, 0.15) is 259 Å². The number of esters is 2. The average Bonchev–Trinajstić information content (AvgIpc) is 1.63. The quantitative estimate of drug-likeness (QED) is 0.00739. The minimum absolute atomic E-state index is 0.00735. The monoisotopic (exact) mass is 2080 g/mol. The molecular weight excluding hydrogens is 1990 g/mol. The zero-order valence-corrected chi connectivity index (χ0v) is 81.3. The summed E-state index contributed by atoms with van der Waals surface area (Å²) in [4.78, 5) is 87.2. The number of carbonyl (C=O) groups is 5. The molecule has 16 heterocycles. The number of amides is 1. The number of ether oxygens (including phenoxy) is 2. The average molecular weight is 2080 g/mol. The Morgan fingerprint density at radius 1 is 0.517 bits per heavy atom. The first-order valence-electron chi connectivity index (χ1n) is 45.7. The molecule has 0 spiro atoms. The predicted octanol–water partition coefficient (Wildman–Crippen LogP) is 19.5. The van der Waals surface area contributed by atoms with E-state index in [2.05, 4.69) is 141 Å². The van der Waals surface area contributed by atoms with Crippen LogP contribution in [0.25, 0.3) is 44.2 Å². The van der Waals surface area contributed by atoms with Crippen molar-refractivity contribution >= 4 is 116 Å². The number of hydrogen-bond acceptors (Lipinski definition) is 22. The first kappa shape index (κ1) is 105. The van der Waals surface area contributed by atoms with Gasteiger partial charge in [0.25, 0.3) is 5.91 Å². The van der Waals surface area contributed by atoms with Gasteiger partial charge in [-0.05, 0) is 227 Å². The number of pyridine rings is 7. The topological polar surface area (TPSA) is 420 Å². The first-order valence-corrected chi connectivity index (χ1v) is 47.7. The highest BCUT2D eigenvalue weighted by atomic mass is 35.5. The number of carbonyl (C=O) groups excluding carboxylic acids is 4. The molecule has 145 heavy (non-hydrogen) atoms. The van der Waals surface area contributed by atoms with Crippen LogP contribution in [-0.4, -0.2) is 166 Å². The maximum Gasteiger partial charge on any atom is 0.419 e. The van der Waals surface area contributed by atoms with Crippen molar-refractivity contribution in [3.05, 3.63) is 281 Å². The third kappa shape index (κ3) is 27.1. The lowest BCUT2D eigenvalue weighted by Crippen LogP contribution is -2.23. The number of carboxylic acids is 1. The van der Waals surface area contributed by atoms with Crippen molar-refractivity contribution in [1.82, 2.24) is 112 Å². The Balaban J connectivity index is 0.000000132. The van der Waals surface area contributed by atoms with E-state index in [4.69, 9.17) is 67.5 Å².